The van der Waals surface area contributed by atoms with Crippen LogP contribution in [0.15, 0.2) is 4.99 Å². The summed E-state index contributed by atoms with van der Waals surface area (Å²) >= 11 is 0. The number of aliphatic imine (C=N–C) groups is 1. The van der Waals surface area contributed by atoms with Crippen molar-refractivity contribution in [2.75, 3.05) is 6.61 Å². The zero-order chi connectivity index (χ0) is 12.9. The second-order valence-corrected chi connectivity index (χ2v) is 3.12. The number of hydrogen-bond donors (Lipinski definition) is 7. The summed E-state index contributed by atoms with van der Waals surface area (Å²) in [6.07, 6.45) is -6.14. The maximum absolute atomic E-state index is 10.5. The first kappa shape index (κ1) is 18.4. The van der Waals surface area contributed by atoms with Gasteiger partial charge in [0.1, 0.15) is 18.3 Å². The number of rotatable bonds is 6. The van der Waals surface area contributed by atoms with Gasteiger partial charge in [0.15, 0.2) is 12.2 Å². The van der Waals surface area contributed by atoms with Crippen molar-refractivity contribution in [1.29, 1.82) is 0 Å². The molecule has 0 aromatic carbocycles. The molecule has 10 heteroatoms. The standard InChI is InChI=1S/C7H15N3O6.ClH/c8-6(9)10-7(16,2-12)5(15)4(14)3(13)1-11;/h2-5,11,13-16H,1H2,(H4,8,9,10);1H/t3-,4-,5+,7+;/m1./s1. The average molecular weight is 274 g/mol. The fourth-order valence-corrected chi connectivity index (χ4v) is 0.939. The van der Waals surface area contributed by atoms with Gasteiger partial charge in [-0.3, -0.25) is 4.79 Å². The van der Waals surface area contributed by atoms with Crippen LogP contribution < -0.4 is 11.5 Å². The van der Waals surface area contributed by atoms with Gasteiger partial charge in [0.25, 0.3) is 0 Å². The third kappa shape index (κ3) is 4.81. The summed E-state index contributed by atoms with van der Waals surface area (Å²) in [5, 5.41) is 45.5. The molecule has 102 valence electrons. The summed E-state index contributed by atoms with van der Waals surface area (Å²) in [5.74, 6) is -0.695. The molecule has 0 aromatic heterocycles. The highest BCUT2D eigenvalue weighted by molar-refractivity contribution is 5.85. The molecule has 9 N–H and O–H groups in total. The van der Waals surface area contributed by atoms with E-state index in [4.69, 9.17) is 21.7 Å². The highest BCUT2D eigenvalue weighted by atomic mass is 35.5. The van der Waals surface area contributed by atoms with Gasteiger partial charge >= 0.3 is 0 Å². The van der Waals surface area contributed by atoms with Gasteiger partial charge in [0.05, 0.1) is 6.61 Å². The van der Waals surface area contributed by atoms with Crippen LogP contribution >= 0.6 is 12.4 Å². The van der Waals surface area contributed by atoms with E-state index in [-0.39, 0.29) is 18.7 Å². The minimum atomic E-state index is -2.78. The second-order valence-electron chi connectivity index (χ2n) is 3.12. The van der Waals surface area contributed by atoms with Crippen molar-refractivity contribution in [2.45, 2.75) is 24.0 Å². The highest BCUT2D eigenvalue weighted by Crippen LogP contribution is 2.15. The van der Waals surface area contributed by atoms with Crippen molar-refractivity contribution in [3.05, 3.63) is 0 Å². The summed E-state index contributed by atoms with van der Waals surface area (Å²) in [6.45, 7) is -0.880. The van der Waals surface area contributed by atoms with E-state index in [1.54, 1.807) is 0 Å². The third-order valence-corrected chi connectivity index (χ3v) is 1.82. The summed E-state index contributed by atoms with van der Waals surface area (Å²) in [4.78, 5) is 13.6. The zero-order valence-electron chi connectivity index (χ0n) is 8.67. The largest absolute Gasteiger partial charge is 0.394 e. The van der Waals surface area contributed by atoms with E-state index in [1.165, 1.54) is 0 Å². The molecule has 0 heterocycles. The first-order valence-corrected chi connectivity index (χ1v) is 4.23. The van der Waals surface area contributed by atoms with Crippen LogP contribution in [0.1, 0.15) is 0 Å². The second kappa shape index (κ2) is 7.37. The Morgan fingerprint density at radius 3 is 2.12 bits per heavy atom. The number of aliphatic hydroxyl groups is 5. The van der Waals surface area contributed by atoms with Crippen molar-refractivity contribution < 1.29 is 30.3 Å². The summed E-state index contributed by atoms with van der Waals surface area (Å²) in [6, 6.07) is 0. The lowest BCUT2D eigenvalue weighted by atomic mass is 9.99. The molecule has 4 atom stereocenters. The van der Waals surface area contributed by atoms with Gasteiger partial charge in [-0.25, -0.2) is 4.99 Å². The van der Waals surface area contributed by atoms with E-state index in [0.717, 1.165) is 0 Å². The lowest BCUT2D eigenvalue weighted by Crippen LogP contribution is -2.54. The molecular weight excluding hydrogens is 258 g/mol. The number of hydrogen-bond acceptors (Lipinski definition) is 7. The fourth-order valence-electron chi connectivity index (χ4n) is 0.939. The topological polar surface area (TPSA) is 183 Å². The number of halogens is 1. The lowest BCUT2D eigenvalue weighted by Gasteiger charge is -2.29. The van der Waals surface area contributed by atoms with Gasteiger partial charge in [0, 0.05) is 0 Å². The minimum absolute atomic E-state index is 0. The first-order valence-electron chi connectivity index (χ1n) is 4.23. The number of carbonyl (C=O) groups excluding carboxylic acids is 1. The molecule has 0 aliphatic rings. The Kier molecular flexibility index (Phi) is 7.98. The molecule has 0 fully saturated rings. The molecule has 0 aromatic rings. The average Bonchev–Trinajstić information content (AvgIpc) is 2.24. The molecular formula is C7H16ClN3O6. The molecule has 0 radical (unpaired) electrons. The highest BCUT2D eigenvalue weighted by Gasteiger charge is 2.42. The van der Waals surface area contributed by atoms with Crippen LogP contribution in [0.25, 0.3) is 0 Å². The van der Waals surface area contributed by atoms with E-state index < -0.39 is 36.6 Å². The third-order valence-electron chi connectivity index (χ3n) is 1.82. The smallest absolute Gasteiger partial charge is 0.245 e. The molecule has 0 rings (SSSR count). The minimum Gasteiger partial charge on any atom is -0.394 e. The quantitative estimate of drug-likeness (QED) is 0.144. The Hall–Kier alpha value is -0.970. The molecule has 0 saturated heterocycles. The van der Waals surface area contributed by atoms with Gasteiger partial charge in [-0.2, -0.15) is 0 Å². The lowest BCUT2D eigenvalue weighted by molar-refractivity contribution is -0.162. The maximum atomic E-state index is 10.5. The Bertz CT molecular complexity index is 274. The van der Waals surface area contributed by atoms with Crippen LogP contribution in [0.5, 0.6) is 0 Å². The van der Waals surface area contributed by atoms with Crippen LogP contribution in [0, 0.1) is 0 Å². The summed E-state index contributed by atoms with van der Waals surface area (Å²) < 4.78 is 0. The molecule has 0 saturated carbocycles. The Morgan fingerprint density at radius 1 is 1.35 bits per heavy atom. The van der Waals surface area contributed by atoms with Crippen molar-refractivity contribution in [3.8, 4) is 0 Å². The molecule has 0 bridgehead atoms. The molecule has 0 amide bonds. The normalized spacial score (nSPS) is 19.1. The van der Waals surface area contributed by atoms with Crippen molar-refractivity contribution >= 4 is 24.7 Å². The fraction of sp³-hybridized carbons (Fsp3) is 0.714. The molecule has 9 nitrogen and oxygen atoms in total. The number of carbonyl (C=O) groups is 1. The van der Waals surface area contributed by atoms with Gasteiger partial charge in [-0.15, -0.1) is 12.4 Å². The van der Waals surface area contributed by atoms with E-state index in [1.807, 2.05) is 0 Å². The van der Waals surface area contributed by atoms with Crippen LogP contribution in [0.4, 0.5) is 0 Å². The Morgan fingerprint density at radius 2 is 1.82 bits per heavy atom. The number of nitrogens with two attached hydrogens (primary N) is 2. The Balaban J connectivity index is 0. The molecule has 0 unspecified atom stereocenters. The Labute approximate surface area is 103 Å². The monoisotopic (exact) mass is 273 g/mol. The van der Waals surface area contributed by atoms with Crippen molar-refractivity contribution in [3.63, 3.8) is 0 Å². The SMILES string of the molecule is Cl.NC(N)=N[C@](O)(C=O)[C@@H](O)[C@H](O)[C@H](O)CO. The number of aldehydes is 1. The van der Waals surface area contributed by atoms with E-state index in [0.29, 0.717) is 0 Å². The molecule has 0 aliphatic carbocycles. The van der Waals surface area contributed by atoms with E-state index >= 15 is 0 Å². The van der Waals surface area contributed by atoms with E-state index in [9.17, 15) is 20.1 Å². The van der Waals surface area contributed by atoms with Crippen molar-refractivity contribution in [1.82, 2.24) is 0 Å². The maximum Gasteiger partial charge on any atom is 0.245 e. The van der Waals surface area contributed by atoms with Gasteiger partial charge in [-0.1, -0.05) is 0 Å². The molecule has 0 spiro atoms. The molecule has 0 aliphatic heterocycles. The summed E-state index contributed by atoms with van der Waals surface area (Å²) in [5.41, 5.74) is 7.03. The number of aliphatic hydroxyl groups excluding tert-OH is 4. The van der Waals surface area contributed by atoms with Crippen LogP contribution in [-0.4, -0.2) is 68.4 Å². The summed E-state index contributed by atoms with van der Waals surface area (Å²) in [7, 11) is 0. The first-order chi connectivity index (χ1) is 7.28. The van der Waals surface area contributed by atoms with Crippen LogP contribution in [-0.2, 0) is 4.79 Å². The van der Waals surface area contributed by atoms with E-state index in [2.05, 4.69) is 4.99 Å². The predicted molar refractivity (Wildman–Crippen MR) is 59.2 cm³/mol. The van der Waals surface area contributed by atoms with Crippen LogP contribution in [0.3, 0.4) is 0 Å². The number of nitrogens with zero attached hydrogens (tertiary/aromatic N) is 1. The molecule has 17 heavy (non-hydrogen) atoms. The van der Waals surface area contributed by atoms with Gasteiger partial charge in [-0.05, 0) is 0 Å². The zero-order valence-corrected chi connectivity index (χ0v) is 9.49. The van der Waals surface area contributed by atoms with Gasteiger partial charge in [0.2, 0.25) is 5.72 Å². The van der Waals surface area contributed by atoms with Crippen LogP contribution in [0.2, 0.25) is 0 Å². The van der Waals surface area contributed by atoms with Crippen molar-refractivity contribution in [2.24, 2.45) is 16.5 Å². The number of guanidine groups is 1. The predicted octanol–water partition coefficient (Wildman–Crippen LogP) is -4.36. The van der Waals surface area contributed by atoms with Gasteiger partial charge < -0.3 is 37.0 Å².